The molecule has 35 heavy (non-hydrogen) atoms. The van der Waals surface area contributed by atoms with Gasteiger partial charge in [-0.2, -0.15) is 0 Å². The molecule has 2 heterocycles. The van der Waals surface area contributed by atoms with Crippen LogP contribution in [-0.4, -0.2) is 82.2 Å². The van der Waals surface area contributed by atoms with Gasteiger partial charge in [0, 0.05) is 18.2 Å². The van der Waals surface area contributed by atoms with Gasteiger partial charge in [0.2, 0.25) is 12.0 Å². The highest BCUT2D eigenvalue weighted by atomic mass is 79.9. The molecule has 0 unspecified atom stereocenters. The zero-order valence-corrected chi connectivity index (χ0v) is 20.2. The van der Waals surface area contributed by atoms with Gasteiger partial charge in [-0.05, 0) is 12.1 Å². The number of halogens is 1. The number of aliphatic hydroxyl groups excluding tert-OH is 4. The number of fused-ring (bicyclic) bond motifs is 1. The zero-order chi connectivity index (χ0) is 24.6. The van der Waals surface area contributed by atoms with Crippen molar-refractivity contribution in [3.05, 3.63) is 36.4 Å². The predicted molar refractivity (Wildman–Crippen MR) is 117 cm³/mol. The summed E-state index contributed by atoms with van der Waals surface area (Å²) in [6.45, 7) is -0.623. The first-order valence-electron chi connectivity index (χ1n) is 10.3. The van der Waals surface area contributed by atoms with Crippen molar-refractivity contribution in [3.63, 3.8) is 0 Å². The summed E-state index contributed by atoms with van der Waals surface area (Å²) in [5.74, 6) is 0.351. The van der Waals surface area contributed by atoms with Gasteiger partial charge >= 0.3 is 11.3 Å². The van der Waals surface area contributed by atoms with Crippen LogP contribution in [0.1, 0.15) is 0 Å². The number of benzene rings is 2. The van der Waals surface area contributed by atoms with E-state index in [1.807, 2.05) is 0 Å². The smallest absolute Gasteiger partial charge is 0.402 e. The highest BCUT2D eigenvalue weighted by Gasteiger charge is 2.45. The van der Waals surface area contributed by atoms with Gasteiger partial charge in [0.1, 0.15) is 41.3 Å². The van der Waals surface area contributed by atoms with Crippen LogP contribution in [0.4, 0.5) is 0 Å². The van der Waals surface area contributed by atoms with Gasteiger partial charge in [-0.15, -0.1) is 0 Å². The van der Waals surface area contributed by atoms with Crippen molar-refractivity contribution in [3.8, 4) is 40.1 Å². The first-order chi connectivity index (χ1) is 16.3. The van der Waals surface area contributed by atoms with Gasteiger partial charge in [0.05, 0.1) is 32.5 Å². The molecule has 1 saturated heterocycles. The summed E-state index contributed by atoms with van der Waals surface area (Å²) in [4.78, 5) is 0. The van der Waals surface area contributed by atoms with Gasteiger partial charge in [-0.1, -0.05) is 0 Å². The van der Waals surface area contributed by atoms with E-state index in [-0.39, 0.29) is 57.1 Å². The number of phenolic OH excluding ortho intramolecular Hbond substituents is 2. The van der Waals surface area contributed by atoms with Crippen LogP contribution in [-0.2, 0) is 4.74 Å². The molecule has 1 fully saturated rings. The van der Waals surface area contributed by atoms with Crippen LogP contribution >= 0.6 is 0 Å². The van der Waals surface area contributed by atoms with Gasteiger partial charge in [0.15, 0.2) is 11.5 Å². The van der Waals surface area contributed by atoms with Crippen LogP contribution < -0.4 is 31.2 Å². The van der Waals surface area contributed by atoms with Crippen molar-refractivity contribution < 1.29 is 71.0 Å². The molecule has 5 atom stereocenters. The summed E-state index contributed by atoms with van der Waals surface area (Å²) in [5, 5.41) is 60.5. The molecule has 3 aromatic rings. The highest BCUT2D eigenvalue weighted by molar-refractivity contribution is 5.89. The van der Waals surface area contributed by atoms with Crippen molar-refractivity contribution in [1.29, 1.82) is 0 Å². The maximum absolute atomic E-state index is 10.4. The Bertz CT molecular complexity index is 1190. The van der Waals surface area contributed by atoms with Crippen LogP contribution in [0.5, 0.6) is 28.7 Å². The molecular weight excluding hydrogens is 532 g/mol. The molecule has 12 heteroatoms. The Morgan fingerprint density at radius 3 is 2.26 bits per heavy atom. The van der Waals surface area contributed by atoms with Crippen molar-refractivity contribution in [2.24, 2.45) is 0 Å². The predicted octanol–water partition coefficient (Wildman–Crippen LogP) is -2.01. The van der Waals surface area contributed by atoms with E-state index in [9.17, 15) is 30.6 Å². The average molecular weight is 557 g/mol. The summed E-state index contributed by atoms with van der Waals surface area (Å²) in [5.41, 5.74) is 0.637. The molecule has 190 valence electrons. The van der Waals surface area contributed by atoms with E-state index in [1.54, 1.807) is 0 Å². The van der Waals surface area contributed by atoms with Crippen molar-refractivity contribution in [1.82, 2.24) is 0 Å². The molecule has 0 amide bonds. The molecule has 1 aliphatic rings. The van der Waals surface area contributed by atoms with Gasteiger partial charge in [0.25, 0.3) is 0 Å². The third-order valence-electron chi connectivity index (χ3n) is 5.55. The Kier molecular flexibility index (Phi) is 8.26. The van der Waals surface area contributed by atoms with E-state index in [4.69, 9.17) is 23.4 Å². The molecule has 0 bridgehead atoms. The number of phenols is 2. The number of hydrogen-bond donors (Lipinski definition) is 6. The Labute approximate surface area is 210 Å². The number of rotatable bonds is 6. The summed E-state index contributed by atoms with van der Waals surface area (Å²) < 4.78 is 27.9. The van der Waals surface area contributed by atoms with E-state index in [2.05, 4.69) is 0 Å². The number of methoxy groups -OCH3 is 2. The second-order valence-corrected chi connectivity index (χ2v) is 7.70. The minimum atomic E-state index is -1.66. The minimum Gasteiger partial charge on any atom is -1.00 e. The Hall–Kier alpha value is -2.87. The zero-order valence-electron chi connectivity index (χ0n) is 18.7. The fraction of sp³-hybridized carbons (Fsp3) is 0.348. The molecule has 0 spiro atoms. The molecule has 11 nitrogen and oxygen atoms in total. The van der Waals surface area contributed by atoms with Crippen LogP contribution in [0.15, 0.2) is 40.8 Å². The lowest BCUT2D eigenvalue weighted by molar-refractivity contribution is -0.277. The summed E-state index contributed by atoms with van der Waals surface area (Å²) in [7, 11) is 2.79. The number of hydrogen-bond acceptors (Lipinski definition) is 10. The SMILES string of the molecule is COc1cc(-c2[o+]c3cc(O)cc(OC)c3cc2O[C@@H]2O[C@H](CO)[C@H](O)[C@H](O)[C@H]2O)ccc1O.[Br-]. The number of aromatic hydroxyl groups is 2. The number of ether oxygens (including phenoxy) is 4. The number of aliphatic hydroxyl groups is 4. The Morgan fingerprint density at radius 2 is 1.60 bits per heavy atom. The monoisotopic (exact) mass is 556 g/mol. The second-order valence-electron chi connectivity index (χ2n) is 7.70. The lowest BCUT2D eigenvalue weighted by atomic mass is 9.99. The topological polar surface area (TPSA) is 170 Å². The average Bonchev–Trinajstić information content (AvgIpc) is 2.83. The minimum absolute atomic E-state index is 0. The molecule has 2 aromatic carbocycles. The van der Waals surface area contributed by atoms with Crippen molar-refractivity contribution >= 4 is 11.0 Å². The van der Waals surface area contributed by atoms with Gasteiger partial charge in [-0.3, -0.25) is 0 Å². The molecule has 1 aromatic heterocycles. The lowest BCUT2D eigenvalue weighted by Gasteiger charge is -2.39. The van der Waals surface area contributed by atoms with Crippen LogP contribution in [0.2, 0.25) is 0 Å². The quantitative estimate of drug-likeness (QED) is 0.185. The van der Waals surface area contributed by atoms with E-state index in [1.165, 1.54) is 50.6 Å². The van der Waals surface area contributed by atoms with Crippen molar-refractivity contribution in [2.75, 3.05) is 20.8 Å². The normalized spacial score (nSPS) is 24.0. The molecule has 4 rings (SSSR count). The largest absolute Gasteiger partial charge is 1.00 e. The first-order valence-corrected chi connectivity index (χ1v) is 10.3. The van der Waals surface area contributed by atoms with Crippen LogP contribution in [0.25, 0.3) is 22.3 Å². The molecule has 1 aliphatic heterocycles. The molecule has 6 N–H and O–H groups in total. The second kappa shape index (κ2) is 10.8. The first kappa shape index (κ1) is 26.7. The maximum Gasteiger partial charge on any atom is 0.402 e. The summed E-state index contributed by atoms with van der Waals surface area (Å²) >= 11 is 0. The van der Waals surface area contributed by atoms with Gasteiger partial charge < -0.3 is 66.6 Å². The van der Waals surface area contributed by atoms with Crippen LogP contribution in [0, 0.1) is 0 Å². The molecule has 0 radical (unpaired) electrons. The third kappa shape index (κ3) is 5.08. The fourth-order valence-electron chi connectivity index (χ4n) is 3.74. The van der Waals surface area contributed by atoms with E-state index in [0.29, 0.717) is 10.9 Å². The standard InChI is InChI=1S/C23H24O11.BrH/c1-30-14-6-11(25)7-15-12(14)8-17(22(32-15)10-3-4-13(26)16(5-10)31-2)33-23-21(29)20(28)19(27)18(9-24)34-23;/h3-8,18-21,23-24,27-29H,9H2,1-2H3,(H-,25,26);1H/t18-,19+,20+,21-,23-;/m1./s1. The highest BCUT2D eigenvalue weighted by Crippen LogP contribution is 2.42. The van der Waals surface area contributed by atoms with Crippen molar-refractivity contribution in [2.45, 2.75) is 30.7 Å². The van der Waals surface area contributed by atoms with E-state index >= 15 is 0 Å². The van der Waals surface area contributed by atoms with E-state index in [0.717, 1.165) is 0 Å². The lowest BCUT2D eigenvalue weighted by Crippen LogP contribution is -3.00. The fourth-order valence-corrected chi connectivity index (χ4v) is 3.74. The maximum atomic E-state index is 10.4. The summed E-state index contributed by atoms with van der Waals surface area (Å²) in [6, 6.07) is 8.67. The third-order valence-corrected chi connectivity index (χ3v) is 5.55. The molecule has 0 saturated carbocycles. The molecule has 0 aliphatic carbocycles. The Balaban J connectivity index is 0.00000342. The van der Waals surface area contributed by atoms with E-state index < -0.39 is 37.3 Å². The van der Waals surface area contributed by atoms with Gasteiger partial charge in [-0.25, -0.2) is 4.42 Å². The Morgan fingerprint density at radius 1 is 0.886 bits per heavy atom. The van der Waals surface area contributed by atoms with Crippen LogP contribution in [0.3, 0.4) is 0 Å². The molecular formula is C23H25BrO11. The summed E-state index contributed by atoms with van der Waals surface area (Å²) in [6.07, 6.45) is -7.51.